The molecule has 0 aromatic carbocycles. The van der Waals surface area contributed by atoms with Crippen LogP contribution in [0.1, 0.15) is 0 Å². The van der Waals surface area contributed by atoms with E-state index in [1.54, 1.807) is 0 Å². The highest BCUT2D eigenvalue weighted by atomic mass is 32.2. The second-order valence-electron chi connectivity index (χ2n) is 2.53. The Kier molecular flexibility index (Phi) is 3.03. The van der Waals surface area contributed by atoms with E-state index < -0.39 is 32.5 Å². The Labute approximate surface area is 89.7 Å². The molecule has 0 bridgehead atoms. The van der Waals surface area contributed by atoms with Gasteiger partial charge in [0.25, 0.3) is 0 Å². The van der Waals surface area contributed by atoms with Crippen molar-refractivity contribution in [2.24, 2.45) is 0 Å². The minimum Gasteiger partial charge on any atom is -0.355 e. The Morgan fingerprint density at radius 3 is 2.12 bits per heavy atom. The molecule has 0 spiro atoms. The summed E-state index contributed by atoms with van der Waals surface area (Å²) >= 11 is 0. The predicted molar refractivity (Wildman–Crippen MR) is 39.1 cm³/mol. The van der Waals surface area contributed by atoms with E-state index in [1.165, 1.54) is 0 Å². The zero-order valence-electron chi connectivity index (χ0n) is 7.45. The van der Waals surface area contributed by atoms with Gasteiger partial charge in [-0.1, -0.05) is 0 Å². The largest absolute Gasteiger partial charge is 0.534 e. The number of nitrogens with zero attached hydrogens (tertiary/aromatic N) is 2. The first-order chi connectivity index (χ1) is 7.45. The van der Waals surface area contributed by atoms with E-state index in [2.05, 4.69) is 9.28 Å². The average Bonchev–Trinajstić information content (AvgIpc) is 2.47. The first kappa shape index (κ1) is 13.6. The van der Waals surface area contributed by atoms with Crippen LogP contribution in [0.5, 0.6) is 5.88 Å². The summed E-state index contributed by atoms with van der Waals surface area (Å²) in [6.07, 6.45) is -4.76. The Hall–Kier alpha value is -1.46. The standard InChI is InChI=1S/C5H2F6N2O3S/c6-4(7,8)13-3(1-2-12-13)16-17(14,15)5(9,10)11/h1-2H. The number of alkyl halides is 6. The highest BCUT2D eigenvalue weighted by molar-refractivity contribution is 7.87. The van der Waals surface area contributed by atoms with E-state index >= 15 is 0 Å². The van der Waals surface area contributed by atoms with E-state index in [0.29, 0.717) is 12.3 Å². The number of hydrogen-bond acceptors (Lipinski definition) is 4. The molecule has 0 aliphatic rings. The lowest BCUT2D eigenvalue weighted by Crippen LogP contribution is -2.30. The normalized spacial score (nSPS) is 13.8. The van der Waals surface area contributed by atoms with E-state index in [1.807, 2.05) is 0 Å². The van der Waals surface area contributed by atoms with Gasteiger partial charge in [0.15, 0.2) is 0 Å². The molecule has 0 radical (unpaired) electrons. The summed E-state index contributed by atoms with van der Waals surface area (Å²) in [6, 6.07) is 0.330. The molecule has 0 saturated heterocycles. The van der Waals surface area contributed by atoms with Crippen LogP contribution in [0, 0.1) is 0 Å². The molecule has 0 N–H and O–H groups in total. The minimum atomic E-state index is -6.16. The van der Waals surface area contributed by atoms with Crippen LogP contribution in [0.4, 0.5) is 26.3 Å². The van der Waals surface area contributed by atoms with Crippen LogP contribution < -0.4 is 4.18 Å². The molecule has 98 valence electrons. The van der Waals surface area contributed by atoms with Gasteiger partial charge in [-0.3, -0.25) is 0 Å². The molecule has 1 aromatic rings. The third kappa shape index (κ3) is 2.81. The molecule has 17 heavy (non-hydrogen) atoms. The van der Waals surface area contributed by atoms with Gasteiger partial charge in [-0.2, -0.15) is 26.7 Å². The van der Waals surface area contributed by atoms with E-state index in [9.17, 15) is 34.8 Å². The third-order valence-electron chi connectivity index (χ3n) is 1.33. The summed E-state index contributed by atoms with van der Waals surface area (Å²) in [5.41, 5.74) is -5.83. The summed E-state index contributed by atoms with van der Waals surface area (Å²) in [5, 5.41) is 2.59. The Morgan fingerprint density at radius 2 is 1.71 bits per heavy atom. The smallest absolute Gasteiger partial charge is 0.355 e. The number of aromatic nitrogens is 2. The maximum Gasteiger partial charge on any atom is 0.534 e. The van der Waals surface area contributed by atoms with Crippen LogP contribution in [0.25, 0.3) is 0 Å². The monoisotopic (exact) mass is 284 g/mol. The summed E-state index contributed by atoms with van der Waals surface area (Å²) in [4.78, 5) is 0. The third-order valence-corrected chi connectivity index (χ3v) is 2.28. The fraction of sp³-hybridized carbons (Fsp3) is 0.400. The van der Waals surface area contributed by atoms with Gasteiger partial charge in [0.1, 0.15) is 0 Å². The molecule has 1 rings (SSSR count). The number of halogens is 6. The van der Waals surface area contributed by atoms with Crippen LogP contribution in [-0.4, -0.2) is 23.7 Å². The lowest BCUT2D eigenvalue weighted by atomic mass is 10.7. The van der Waals surface area contributed by atoms with Gasteiger partial charge >= 0.3 is 21.9 Å². The average molecular weight is 284 g/mol. The Morgan fingerprint density at radius 1 is 1.18 bits per heavy atom. The van der Waals surface area contributed by atoms with Gasteiger partial charge in [0, 0.05) is 6.07 Å². The highest BCUT2D eigenvalue weighted by Crippen LogP contribution is 2.31. The van der Waals surface area contributed by atoms with E-state index in [0.717, 1.165) is 0 Å². The Balaban J connectivity index is 3.11. The summed E-state index contributed by atoms with van der Waals surface area (Å²) in [6.45, 7) is 0. The molecule has 0 aliphatic carbocycles. The molecule has 1 heterocycles. The Bertz CT molecular complexity index is 500. The molecular formula is C5H2F6N2O3S. The van der Waals surface area contributed by atoms with E-state index in [4.69, 9.17) is 0 Å². The van der Waals surface area contributed by atoms with Crippen LogP contribution in [0.2, 0.25) is 0 Å². The maximum atomic E-state index is 12.1. The summed E-state index contributed by atoms with van der Waals surface area (Å²) in [5.74, 6) is -1.60. The van der Waals surface area contributed by atoms with Crippen molar-refractivity contribution in [2.45, 2.75) is 11.8 Å². The van der Waals surface area contributed by atoms with Crippen LogP contribution >= 0.6 is 0 Å². The molecule has 0 aliphatic heterocycles. The molecule has 12 heteroatoms. The highest BCUT2D eigenvalue weighted by Gasteiger charge is 2.50. The minimum absolute atomic E-state index is 0.330. The zero-order valence-corrected chi connectivity index (χ0v) is 8.27. The van der Waals surface area contributed by atoms with Gasteiger partial charge in [-0.05, 0) is 0 Å². The van der Waals surface area contributed by atoms with Crippen molar-refractivity contribution < 1.29 is 38.9 Å². The molecular weight excluding hydrogens is 282 g/mol. The summed E-state index contributed by atoms with van der Waals surface area (Å²) in [7, 11) is -6.16. The van der Waals surface area contributed by atoms with Crippen molar-refractivity contribution in [3.05, 3.63) is 12.3 Å². The van der Waals surface area contributed by atoms with Crippen molar-refractivity contribution in [3.63, 3.8) is 0 Å². The quantitative estimate of drug-likeness (QED) is 0.470. The topological polar surface area (TPSA) is 61.2 Å². The van der Waals surface area contributed by atoms with Crippen molar-refractivity contribution in [1.82, 2.24) is 9.78 Å². The zero-order chi connectivity index (χ0) is 13.5. The second kappa shape index (κ2) is 3.78. The van der Waals surface area contributed by atoms with Gasteiger partial charge in [-0.15, -0.1) is 17.9 Å². The first-order valence-electron chi connectivity index (χ1n) is 3.57. The predicted octanol–water partition coefficient (Wildman–Crippen LogP) is 1.59. The van der Waals surface area contributed by atoms with Gasteiger partial charge in [0.05, 0.1) is 6.20 Å². The number of hydrogen-bond donors (Lipinski definition) is 0. The van der Waals surface area contributed by atoms with Crippen LogP contribution in [0.3, 0.4) is 0 Å². The molecule has 0 unspecified atom stereocenters. The van der Waals surface area contributed by atoms with Crippen LogP contribution in [-0.2, 0) is 16.4 Å². The second-order valence-corrected chi connectivity index (χ2v) is 4.07. The number of rotatable bonds is 2. The van der Waals surface area contributed by atoms with Crippen molar-refractivity contribution in [3.8, 4) is 5.88 Å². The lowest BCUT2D eigenvalue weighted by molar-refractivity contribution is -0.214. The first-order valence-corrected chi connectivity index (χ1v) is 4.98. The molecule has 5 nitrogen and oxygen atoms in total. The van der Waals surface area contributed by atoms with Gasteiger partial charge in [-0.25, -0.2) is 0 Å². The van der Waals surface area contributed by atoms with Crippen LogP contribution in [0.15, 0.2) is 12.3 Å². The summed E-state index contributed by atoms with van der Waals surface area (Å²) < 4.78 is 95.0. The fourth-order valence-electron chi connectivity index (χ4n) is 0.704. The maximum absolute atomic E-state index is 12.1. The molecule has 0 atom stereocenters. The van der Waals surface area contributed by atoms with E-state index in [-0.39, 0.29) is 0 Å². The lowest BCUT2D eigenvalue weighted by Gasteiger charge is -2.12. The SMILES string of the molecule is O=S(=O)(Oc1ccnn1C(F)(F)F)C(F)(F)F. The van der Waals surface area contributed by atoms with Gasteiger partial charge < -0.3 is 4.18 Å². The molecule has 0 saturated carbocycles. The molecule has 1 aromatic heterocycles. The van der Waals surface area contributed by atoms with Crippen molar-refractivity contribution >= 4 is 10.1 Å². The van der Waals surface area contributed by atoms with Crippen molar-refractivity contribution in [1.29, 1.82) is 0 Å². The van der Waals surface area contributed by atoms with Crippen molar-refractivity contribution in [2.75, 3.05) is 0 Å². The molecule has 0 amide bonds. The molecule has 0 fully saturated rings. The fourth-order valence-corrected chi connectivity index (χ4v) is 1.15. The van der Waals surface area contributed by atoms with Gasteiger partial charge in [0.2, 0.25) is 5.88 Å².